The van der Waals surface area contributed by atoms with E-state index >= 15 is 0 Å². The molecule has 0 saturated heterocycles. The number of aryl methyl sites for hydroxylation is 1. The van der Waals surface area contributed by atoms with Crippen LogP contribution in [-0.4, -0.2) is 35.3 Å². The summed E-state index contributed by atoms with van der Waals surface area (Å²) in [5, 5.41) is 14.9. The predicted molar refractivity (Wildman–Crippen MR) is 72.3 cm³/mol. The summed E-state index contributed by atoms with van der Waals surface area (Å²) in [4.78, 5) is 3.98. The topological polar surface area (TPSA) is 108 Å². The number of aliphatic hydroxyl groups excluding tert-OH is 1. The summed E-state index contributed by atoms with van der Waals surface area (Å²) < 4.78 is 26.6. The van der Waals surface area contributed by atoms with Gasteiger partial charge >= 0.3 is 0 Å². The van der Waals surface area contributed by atoms with Gasteiger partial charge in [0.15, 0.2) is 0 Å². The Morgan fingerprint density at radius 3 is 2.95 bits per heavy atom. The van der Waals surface area contributed by atoms with Gasteiger partial charge in [-0.15, -0.1) is 0 Å². The van der Waals surface area contributed by atoms with Crippen LogP contribution in [0.15, 0.2) is 29.4 Å². The molecule has 0 radical (unpaired) electrons. The fourth-order valence-electron chi connectivity index (χ4n) is 1.51. The Bertz CT molecular complexity index is 771. The van der Waals surface area contributed by atoms with Crippen LogP contribution in [0.3, 0.4) is 0 Å². The zero-order valence-corrected chi connectivity index (χ0v) is 11.4. The number of nitrogens with one attached hydrogen (secondary N) is 2. The molecule has 3 N–H and O–H groups in total. The van der Waals surface area contributed by atoms with Gasteiger partial charge < -0.3 is 5.11 Å². The van der Waals surface area contributed by atoms with Crippen LogP contribution in [0.25, 0.3) is 0 Å². The highest BCUT2D eigenvalue weighted by molar-refractivity contribution is 7.92. The number of H-pyrrole nitrogens is 1. The maximum Gasteiger partial charge on any atom is 0.266 e. The van der Waals surface area contributed by atoms with Gasteiger partial charge in [-0.25, -0.2) is 13.4 Å². The minimum atomic E-state index is -3.74. The van der Waals surface area contributed by atoms with Crippen molar-refractivity contribution in [1.29, 1.82) is 0 Å². The van der Waals surface area contributed by atoms with Crippen LogP contribution in [0, 0.1) is 18.8 Å². The standard InChI is InChI=1S/C12H12N4O3S/c1-9-11(8-14-15-9)20(18,19)16-12-7-10(3-2-6-17)4-5-13-12/h4-5,7-8,17H,6H2,1H3,(H,13,16)(H,14,15). The molecule has 2 aromatic rings. The van der Waals surface area contributed by atoms with Crippen LogP contribution in [0.2, 0.25) is 0 Å². The number of pyridine rings is 1. The van der Waals surface area contributed by atoms with Gasteiger partial charge in [-0.2, -0.15) is 5.10 Å². The quantitative estimate of drug-likeness (QED) is 0.703. The van der Waals surface area contributed by atoms with E-state index < -0.39 is 10.0 Å². The Balaban J connectivity index is 2.28. The minimum absolute atomic E-state index is 0.0612. The van der Waals surface area contributed by atoms with Crippen LogP contribution in [-0.2, 0) is 10.0 Å². The van der Waals surface area contributed by atoms with E-state index in [1.54, 1.807) is 13.0 Å². The first-order chi connectivity index (χ1) is 9.53. The third-order valence-corrected chi connectivity index (χ3v) is 3.85. The van der Waals surface area contributed by atoms with Gasteiger partial charge in [-0.3, -0.25) is 9.82 Å². The van der Waals surface area contributed by atoms with E-state index in [-0.39, 0.29) is 17.3 Å². The fraction of sp³-hybridized carbons (Fsp3) is 0.167. The van der Waals surface area contributed by atoms with Gasteiger partial charge in [0.25, 0.3) is 10.0 Å². The first kappa shape index (κ1) is 14.0. The summed E-state index contributed by atoms with van der Waals surface area (Å²) in [6.45, 7) is 1.34. The van der Waals surface area contributed by atoms with Crippen molar-refractivity contribution < 1.29 is 13.5 Å². The molecular weight excluding hydrogens is 280 g/mol. The van der Waals surface area contributed by atoms with Crippen LogP contribution >= 0.6 is 0 Å². The van der Waals surface area contributed by atoms with Crippen LogP contribution < -0.4 is 4.72 Å². The molecule has 0 unspecified atom stereocenters. The van der Waals surface area contributed by atoms with Crippen molar-refractivity contribution in [3.63, 3.8) is 0 Å². The maximum atomic E-state index is 12.1. The fourth-order valence-corrected chi connectivity index (χ4v) is 2.65. The van der Waals surface area contributed by atoms with Crippen LogP contribution in [0.4, 0.5) is 5.82 Å². The Hall–Kier alpha value is -2.37. The summed E-state index contributed by atoms with van der Waals surface area (Å²) in [7, 11) is -3.74. The first-order valence-electron chi connectivity index (χ1n) is 5.61. The largest absolute Gasteiger partial charge is 0.384 e. The first-order valence-corrected chi connectivity index (χ1v) is 7.10. The van der Waals surface area contributed by atoms with Gasteiger partial charge in [0.05, 0.1) is 11.9 Å². The lowest BCUT2D eigenvalue weighted by Crippen LogP contribution is -2.14. The van der Waals surface area contributed by atoms with E-state index in [1.165, 1.54) is 18.5 Å². The summed E-state index contributed by atoms with van der Waals surface area (Å²) in [6.07, 6.45) is 2.66. The highest BCUT2D eigenvalue weighted by Crippen LogP contribution is 2.16. The Labute approximate surface area is 116 Å². The average molecular weight is 292 g/mol. The third-order valence-electron chi connectivity index (χ3n) is 2.38. The molecule has 2 heterocycles. The van der Waals surface area contributed by atoms with Gasteiger partial charge in [0.1, 0.15) is 17.3 Å². The lowest BCUT2D eigenvalue weighted by atomic mass is 10.2. The summed E-state index contributed by atoms with van der Waals surface area (Å²) in [5.41, 5.74) is 0.990. The summed E-state index contributed by atoms with van der Waals surface area (Å²) in [5.74, 6) is 5.30. The predicted octanol–water partition coefficient (Wildman–Crippen LogP) is 0.258. The van der Waals surface area contributed by atoms with Crippen molar-refractivity contribution in [3.05, 3.63) is 35.8 Å². The lowest BCUT2D eigenvalue weighted by Gasteiger charge is -2.06. The minimum Gasteiger partial charge on any atom is -0.384 e. The van der Waals surface area contributed by atoms with Crippen molar-refractivity contribution in [2.45, 2.75) is 11.8 Å². The molecule has 0 aliphatic heterocycles. The number of rotatable bonds is 3. The number of hydrogen-bond donors (Lipinski definition) is 3. The van der Waals surface area contributed by atoms with Crippen LogP contribution in [0.1, 0.15) is 11.3 Å². The van der Waals surface area contributed by atoms with Gasteiger partial charge in [-0.05, 0) is 19.1 Å². The number of sulfonamides is 1. The van der Waals surface area contributed by atoms with Crippen molar-refractivity contribution in [2.24, 2.45) is 0 Å². The Morgan fingerprint density at radius 2 is 2.30 bits per heavy atom. The lowest BCUT2D eigenvalue weighted by molar-refractivity contribution is 0.350. The zero-order chi connectivity index (χ0) is 14.6. The van der Waals surface area contributed by atoms with Crippen molar-refractivity contribution in [2.75, 3.05) is 11.3 Å². The number of nitrogens with zero attached hydrogens (tertiary/aromatic N) is 2. The molecule has 0 aromatic carbocycles. The highest BCUT2D eigenvalue weighted by Gasteiger charge is 2.19. The van der Waals surface area contributed by atoms with Crippen molar-refractivity contribution >= 4 is 15.8 Å². The van der Waals surface area contributed by atoms with Gasteiger partial charge in [0.2, 0.25) is 0 Å². The number of aliphatic hydroxyl groups is 1. The summed E-state index contributed by atoms with van der Waals surface area (Å²) >= 11 is 0. The van der Waals surface area contributed by atoms with E-state index in [9.17, 15) is 8.42 Å². The number of anilines is 1. The molecule has 0 aliphatic rings. The normalized spacial score (nSPS) is 10.7. The molecule has 20 heavy (non-hydrogen) atoms. The molecule has 2 aromatic heterocycles. The number of aromatic amines is 1. The van der Waals surface area contributed by atoms with E-state index in [2.05, 4.69) is 31.7 Å². The second-order valence-corrected chi connectivity index (χ2v) is 5.51. The molecule has 0 amide bonds. The SMILES string of the molecule is Cc1[nH]ncc1S(=O)(=O)Nc1cc(C#CCO)ccn1. The highest BCUT2D eigenvalue weighted by atomic mass is 32.2. The third kappa shape index (κ3) is 3.14. The van der Waals surface area contributed by atoms with Crippen LogP contribution in [0.5, 0.6) is 0 Å². The molecular formula is C12H12N4O3S. The van der Waals surface area contributed by atoms with Crippen molar-refractivity contribution in [3.8, 4) is 11.8 Å². The zero-order valence-electron chi connectivity index (χ0n) is 10.6. The molecule has 0 aliphatic carbocycles. The smallest absolute Gasteiger partial charge is 0.266 e. The molecule has 0 atom stereocenters. The van der Waals surface area contributed by atoms with E-state index in [0.717, 1.165) is 0 Å². The molecule has 104 valence electrons. The maximum absolute atomic E-state index is 12.1. The molecule has 2 rings (SSSR count). The number of aromatic nitrogens is 3. The number of hydrogen-bond acceptors (Lipinski definition) is 5. The van der Waals surface area contributed by atoms with E-state index in [0.29, 0.717) is 11.3 Å². The molecule has 8 heteroatoms. The van der Waals surface area contributed by atoms with E-state index in [4.69, 9.17) is 5.11 Å². The molecule has 0 bridgehead atoms. The average Bonchev–Trinajstić information content (AvgIpc) is 2.83. The summed E-state index contributed by atoms with van der Waals surface area (Å²) in [6, 6.07) is 3.10. The molecule has 0 spiro atoms. The second-order valence-electron chi connectivity index (χ2n) is 3.85. The van der Waals surface area contributed by atoms with Crippen molar-refractivity contribution in [1.82, 2.24) is 15.2 Å². The molecule has 7 nitrogen and oxygen atoms in total. The van der Waals surface area contributed by atoms with E-state index in [1.807, 2.05) is 0 Å². The Kier molecular flexibility index (Phi) is 4.02. The monoisotopic (exact) mass is 292 g/mol. The Morgan fingerprint density at radius 1 is 1.50 bits per heavy atom. The molecule has 0 fully saturated rings. The second kappa shape index (κ2) is 5.73. The van der Waals surface area contributed by atoms with Gasteiger partial charge in [-0.1, -0.05) is 11.8 Å². The molecule has 0 saturated carbocycles. The van der Waals surface area contributed by atoms with Gasteiger partial charge in [0, 0.05) is 11.8 Å².